The molecule has 0 aliphatic carbocycles. The molecule has 41 heavy (non-hydrogen) atoms. The quantitative estimate of drug-likeness (QED) is 0.241. The minimum Gasteiger partial charge on any atom is -0.481 e. The van der Waals surface area contributed by atoms with Crippen LogP contribution in [0.1, 0.15) is 56.4 Å². The number of halogens is 2. The molecule has 0 radical (unpaired) electrons. The van der Waals surface area contributed by atoms with Crippen LogP contribution in [-0.2, 0) is 32.6 Å². The molecule has 0 spiro atoms. The summed E-state index contributed by atoms with van der Waals surface area (Å²) in [5.41, 5.74) is 1.94. The molecule has 1 amide bonds. The van der Waals surface area contributed by atoms with Crippen molar-refractivity contribution in [2.24, 2.45) is 5.92 Å². The number of hydrogen-bond acceptors (Lipinski definition) is 6. The van der Waals surface area contributed by atoms with Crippen LogP contribution < -0.4 is 10.6 Å². The predicted molar refractivity (Wildman–Crippen MR) is 155 cm³/mol. The molecule has 1 aliphatic heterocycles. The molecule has 1 aliphatic rings. The van der Waals surface area contributed by atoms with E-state index in [0.717, 1.165) is 50.2 Å². The molecule has 0 saturated carbocycles. The van der Waals surface area contributed by atoms with Gasteiger partial charge in [-0.3, -0.25) is 9.59 Å². The molecule has 3 rings (SSSR count). The Morgan fingerprint density at radius 1 is 1.17 bits per heavy atom. The smallest absolute Gasteiger partial charge is 0.308 e. The lowest BCUT2D eigenvalue weighted by Crippen LogP contribution is -2.44. The number of anilines is 1. The highest BCUT2D eigenvalue weighted by Crippen LogP contribution is 2.24. The highest BCUT2D eigenvalue weighted by atomic mass is 19.1. The van der Waals surface area contributed by atoms with Gasteiger partial charge in [0.1, 0.15) is 17.8 Å². The van der Waals surface area contributed by atoms with Gasteiger partial charge in [-0.15, -0.1) is 0 Å². The van der Waals surface area contributed by atoms with Crippen molar-refractivity contribution in [3.05, 3.63) is 59.0 Å². The Balaban J connectivity index is 1.51. The van der Waals surface area contributed by atoms with Crippen LogP contribution >= 0.6 is 0 Å². The molecule has 3 N–H and O–H groups in total. The van der Waals surface area contributed by atoms with Gasteiger partial charge in [0, 0.05) is 32.4 Å². The van der Waals surface area contributed by atoms with E-state index in [1.165, 1.54) is 24.8 Å². The van der Waals surface area contributed by atoms with Crippen LogP contribution in [0, 0.1) is 11.7 Å². The predicted octanol–water partition coefficient (Wildman–Crippen LogP) is 4.37. The van der Waals surface area contributed by atoms with E-state index < -0.39 is 29.3 Å². The zero-order chi connectivity index (χ0) is 29.8. The number of methoxy groups -OCH3 is 1. The SMILES string of the molecule is COC[C@@H](F)CN(CCCCc1ccc2c(n1)NCCC2)CCC(CNC(=O)C(C)(C)c1ccc(F)cc1)C(=O)O. The van der Waals surface area contributed by atoms with Gasteiger partial charge in [-0.1, -0.05) is 18.2 Å². The largest absolute Gasteiger partial charge is 0.481 e. The number of aryl methyl sites for hydroxylation is 2. The second kappa shape index (κ2) is 15.8. The number of benzene rings is 1. The van der Waals surface area contributed by atoms with E-state index in [4.69, 9.17) is 9.72 Å². The number of nitrogens with one attached hydrogen (secondary N) is 2. The van der Waals surface area contributed by atoms with Crippen molar-refractivity contribution in [2.45, 2.75) is 64.0 Å². The number of fused-ring (bicyclic) bond motifs is 1. The number of amides is 1. The molecule has 10 heteroatoms. The number of alkyl halides is 1. The molecule has 1 aromatic heterocycles. The molecule has 2 atom stereocenters. The first-order valence-corrected chi connectivity index (χ1v) is 14.4. The summed E-state index contributed by atoms with van der Waals surface area (Å²) in [6, 6.07) is 9.90. The Morgan fingerprint density at radius 2 is 1.93 bits per heavy atom. The Hall–Kier alpha value is -3.11. The fraction of sp³-hybridized carbons (Fsp3) is 0.581. The van der Waals surface area contributed by atoms with Gasteiger partial charge < -0.3 is 25.4 Å². The number of pyridine rings is 1. The van der Waals surface area contributed by atoms with Crippen molar-refractivity contribution in [1.29, 1.82) is 0 Å². The van der Waals surface area contributed by atoms with E-state index in [9.17, 15) is 23.5 Å². The number of nitrogens with zero attached hydrogens (tertiary/aromatic N) is 2. The number of rotatable bonds is 17. The molecular weight excluding hydrogens is 530 g/mol. The Labute approximate surface area is 241 Å². The van der Waals surface area contributed by atoms with Gasteiger partial charge in [0.2, 0.25) is 5.91 Å². The number of ether oxygens (including phenoxy) is 1. The van der Waals surface area contributed by atoms with E-state index >= 15 is 0 Å². The van der Waals surface area contributed by atoms with E-state index in [2.05, 4.69) is 22.8 Å². The monoisotopic (exact) mass is 574 g/mol. The van der Waals surface area contributed by atoms with Gasteiger partial charge in [0.05, 0.1) is 17.9 Å². The minimum atomic E-state index is -1.19. The minimum absolute atomic E-state index is 0.0283. The fourth-order valence-electron chi connectivity index (χ4n) is 5.04. The molecule has 226 valence electrons. The molecule has 1 unspecified atom stereocenters. The number of carbonyl (C=O) groups is 2. The number of unbranched alkanes of at least 4 members (excludes halogenated alkanes) is 1. The van der Waals surface area contributed by atoms with E-state index in [1.54, 1.807) is 26.0 Å². The molecule has 2 aromatic rings. The molecule has 8 nitrogen and oxygen atoms in total. The second-order valence-electron chi connectivity index (χ2n) is 11.3. The van der Waals surface area contributed by atoms with Crippen LogP contribution in [0.15, 0.2) is 36.4 Å². The number of carbonyl (C=O) groups excluding carboxylic acids is 1. The third kappa shape index (κ3) is 10.0. The highest BCUT2D eigenvalue weighted by Gasteiger charge is 2.31. The number of hydrogen-bond donors (Lipinski definition) is 3. The summed E-state index contributed by atoms with van der Waals surface area (Å²) >= 11 is 0. The first-order valence-electron chi connectivity index (χ1n) is 14.4. The number of aliphatic carboxylic acids is 1. The lowest BCUT2D eigenvalue weighted by molar-refractivity contribution is -0.142. The van der Waals surface area contributed by atoms with Crippen molar-refractivity contribution in [2.75, 3.05) is 51.8 Å². The molecule has 2 heterocycles. The normalized spacial score (nSPS) is 14.7. The Kier molecular flexibility index (Phi) is 12.5. The van der Waals surface area contributed by atoms with Crippen LogP contribution in [0.2, 0.25) is 0 Å². The van der Waals surface area contributed by atoms with Crippen molar-refractivity contribution in [3.8, 4) is 0 Å². The summed E-state index contributed by atoms with van der Waals surface area (Å²) in [5, 5.41) is 15.9. The van der Waals surface area contributed by atoms with Gasteiger partial charge in [0.15, 0.2) is 0 Å². The topological polar surface area (TPSA) is 104 Å². The van der Waals surface area contributed by atoms with E-state index in [-0.39, 0.29) is 32.0 Å². The van der Waals surface area contributed by atoms with E-state index in [0.29, 0.717) is 18.7 Å². The number of carboxylic acids is 1. The molecular formula is C31H44F2N4O4. The lowest BCUT2D eigenvalue weighted by Gasteiger charge is -2.27. The van der Waals surface area contributed by atoms with Gasteiger partial charge in [-0.2, -0.15) is 0 Å². The van der Waals surface area contributed by atoms with Crippen LogP contribution in [0.25, 0.3) is 0 Å². The summed E-state index contributed by atoms with van der Waals surface area (Å²) < 4.78 is 32.7. The maximum atomic E-state index is 14.5. The first-order chi connectivity index (χ1) is 19.6. The van der Waals surface area contributed by atoms with Gasteiger partial charge in [-0.05, 0) is 94.8 Å². The molecule has 0 bridgehead atoms. The molecule has 0 fully saturated rings. The summed E-state index contributed by atoms with van der Waals surface area (Å²) in [6.45, 7) is 5.41. The maximum absolute atomic E-state index is 14.5. The second-order valence-corrected chi connectivity index (χ2v) is 11.3. The van der Waals surface area contributed by atoms with Gasteiger partial charge >= 0.3 is 5.97 Å². The average Bonchev–Trinajstić information content (AvgIpc) is 2.95. The fourth-order valence-corrected chi connectivity index (χ4v) is 5.04. The van der Waals surface area contributed by atoms with Crippen molar-refractivity contribution < 1.29 is 28.2 Å². The number of aromatic nitrogens is 1. The van der Waals surface area contributed by atoms with Crippen LogP contribution in [0.4, 0.5) is 14.6 Å². The van der Waals surface area contributed by atoms with Crippen molar-refractivity contribution in [1.82, 2.24) is 15.2 Å². The van der Waals surface area contributed by atoms with E-state index in [1.807, 2.05) is 4.90 Å². The highest BCUT2D eigenvalue weighted by molar-refractivity contribution is 5.87. The third-order valence-electron chi connectivity index (χ3n) is 7.70. The summed E-state index contributed by atoms with van der Waals surface area (Å²) in [5.74, 6) is -1.62. The Bertz CT molecular complexity index is 1130. The summed E-state index contributed by atoms with van der Waals surface area (Å²) in [7, 11) is 1.45. The van der Waals surface area contributed by atoms with Crippen LogP contribution in [-0.4, -0.2) is 79.5 Å². The molecule has 0 saturated heterocycles. The van der Waals surface area contributed by atoms with Crippen LogP contribution in [0.3, 0.4) is 0 Å². The average molecular weight is 575 g/mol. The summed E-state index contributed by atoms with van der Waals surface area (Å²) in [6.07, 6.45) is 3.73. The van der Waals surface area contributed by atoms with Crippen molar-refractivity contribution in [3.63, 3.8) is 0 Å². The number of carboxylic acid groups (broad SMARTS) is 1. The van der Waals surface area contributed by atoms with Gasteiger partial charge in [-0.25, -0.2) is 13.8 Å². The van der Waals surface area contributed by atoms with Crippen LogP contribution in [0.5, 0.6) is 0 Å². The standard InChI is InChI=1S/C31H44F2N4O4/c1-31(2,24-10-12-25(32)13-11-24)30(40)35-19-23(29(38)39)15-18-37(20-26(33)21-41-3)17-5-4-8-27-14-9-22-7-6-16-34-28(22)36-27/h9-14,23,26H,4-8,15-21H2,1-3H3,(H,34,36)(H,35,40)(H,38,39)/t23?,26-/m0/s1. The zero-order valence-corrected chi connectivity index (χ0v) is 24.4. The van der Waals surface area contributed by atoms with Crippen molar-refractivity contribution >= 4 is 17.7 Å². The van der Waals surface area contributed by atoms with Gasteiger partial charge in [0.25, 0.3) is 0 Å². The first kappa shape index (κ1) is 32.4. The lowest BCUT2D eigenvalue weighted by atomic mass is 9.83. The third-order valence-corrected chi connectivity index (χ3v) is 7.70. The zero-order valence-electron chi connectivity index (χ0n) is 24.4. The summed E-state index contributed by atoms with van der Waals surface area (Å²) in [4.78, 5) is 31.6. The maximum Gasteiger partial charge on any atom is 0.308 e. The Morgan fingerprint density at radius 3 is 2.63 bits per heavy atom. The molecule has 1 aromatic carbocycles.